The molecule has 0 spiro atoms. The first-order chi connectivity index (χ1) is 12.7. The minimum Gasteiger partial charge on any atom is -0.469 e. The van der Waals surface area contributed by atoms with Crippen molar-refractivity contribution < 1.29 is 41.4 Å². The van der Waals surface area contributed by atoms with Gasteiger partial charge in [0.25, 0.3) is 5.91 Å². The van der Waals surface area contributed by atoms with Crippen LogP contribution in [0.5, 0.6) is 0 Å². The summed E-state index contributed by atoms with van der Waals surface area (Å²) in [6.45, 7) is -0.105. The molecule has 2 heterocycles. The van der Waals surface area contributed by atoms with E-state index in [1.807, 2.05) is 0 Å². The van der Waals surface area contributed by atoms with Crippen molar-refractivity contribution >= 4 is 17.8 Å². The summed E-state index contributed by atoms with van der Waals surface area (Å²) in [7, 11) is 2.69. The molecule has 1 aromatic rings. The quantitative estimate of drug-likeness (QED) is 0.754. The fraction of sp³-hybridized carbons (Fsp3) is 0.562. The standard InChI is InChI=1S/C16H19F3N2O6/c1-25-12-8-21(6-5-10(12)14(23)26-2)13(22)11-4-3-9(27-11)7-20-15(24)16(17,18)19/h3-4,10,12H,5-8H2,1-2H3,(H,20,24). The molecule has 2 unspecified atom stereocenters. The second kappa shape index (κ2) is 8.42. The van der Waals surface area contributed by atoms with Crippen LogP contribution in [0.3, 0.4) is 0 Å². The highest BCUT2D eigenvalue weighted by Crippen LogP contribution is 2.23. The Bertz CT molecular complexity index is 703. The average Bonchev–Trinajstić information content (AvgIpc) is 3.12. The molecule has 150 valence electrons. The molecule has 27 heavy (non-hydrogen) atoms. The number of methoxy groups -OCH3 is 2. The van der Waals surface area contributed by atoms with Crippen molar-refractivity contribution in [3.05, 3.63) is 23.7 Å². The van der Waals surface area contributed by atoms with Crippen molar-refractivity contribution in [2.45, 2.75) is 25.2 Å². The molecule has 1 aliphatic rings. The van der Waals surface area contributed by atoms with Crippen LogP contribution in [0, 0.1) is 5.92 Å². The van der Waals surface area contributed by atoms with Gasteiger partial charge in [-0.15, -0.1) is 0 Å². The zero-order valence-electron chi connectivity index (χ0n) is 14.7. The Morgan fingerprint density at radius 1 is 1.30 bits per heavy atom. The van der Waals surface area contributed by atoms with Gasteiger partial charge in [-0.1, -0.05) is 0 Å². The van der Waals surface area contributed by atoms with Gasteiger partial charge in [0, 0.05) is 20.2 Å². The summed E-state index contributed by atoms with van der Waals surface area (Å²) in [6, 6.07) is 2.62. The number of halogens is 3. The zero-order chi connectivity index (χ0) is 20.2. The van der Waals surface area contributed by atoms with Gasteiger partial charge in [-0.3, -0.25) is 14.4 Å². The predicted molar refractivity (Wildman–Crippen MR) is 83.4 cm³/mol. The number of hydrogen-bond acceptors (Lipinski definition) is 6. The molecular weight excluding hydrogens is 373 g/mol. The predicted octanol–water partition coefficient (Wildman–Crippen LogP) is 1.11. The maximum atomic E-state index is 12.5. The molecule has 2 atom stereocenters. The lowest BCUT2D eigenvalue weighted by Gasteiger charge is -2.35. The number of likely N-dealkylation sites (tertiary alicyclic amines) is 1. The van der Waals surface area contributed by atoms with Crippen LogP contribution in [0.4, 0.5) is 13.2 Å². The molecule has 2 rings (SSSR count). The number of esters is 1. The Labute approximate surface area is 152 Å². The zero-order valence-corrected chi connectivity index (χ0v) is 14.7. The minimum atomic E-state index is -5.00. The molecular formula is C16H19F3N2O6. The number of hydrogen-bond donors (Lipinski definition) is 1. The third kappa shape index (κ3) is 5.00. The summed E-state index contributed by atoms with van der Waals surface area (Å²) < 4.78 is 51.7. The van der Waals surface area contributed by atoms with Gasteiger partial charge >= 0.3 is 18.1 Å². The number of carbonyl (C=O) groups is 3. The molecule has 1 saturated heterocycles. The lowest BCUT2D eigenvalue weighted by Crippen LogP contribution is -2.49. The summed E-state index contributed by atoms with van der Waals surface area (Å²) in [5, 5.41) is 1.66. The summed E-state index contributed by atoms with van der Waals surface area (Å²) in [6.07, 6.45) is -5.20. The third-order valence-corrected chi connectivity index (χ3v) is 4.21. The van der Waals surface area contributed by atoms with Gasteiger partial charge in [0.1, 0.15) is 5.76 Å². The van der Waals surface area contributed by atoms with Crippen LogP contribution in [-0.2, 0) is 25.6 Å². The Hall–Kier alpha value is -2.56. The Morgan fingerprint density at radius 3 is 2.59 bits per heavy atom. The molecule has 1 fully saturated rings. The molecule has 0 bridgehead atoms. The highest BCUT2D eigenvalue weighted by atomic mass is 19.4. The molecule has 0 saturated carbocycles. The number of alkyl halides is 3. The average molecular weight is 392 g/mol. The molecule has 2 amide bonds. The normalized spacial score (nSPS) is 20.3. The first kappa shape index (κ1) is 20.7. The number of ether oxygens (including phenoxy) is 2. The number of nitrogens with one attached hydrogen (secondary N) is 1. The summed E-state index contributed by atoms with van der Waals surface area (Å²) >= 11 is 0. The molecule has 0 radical (unpaired) electrons. The van der Waals surface area contributed by atoms with E-state index in [1.54, 1.807) is 5.32 Å². The Balaban J connectivity index is 1.97. The van der Waals surface area contributed by atoms with Crippen molar-refractivity contribution in [1.82, 2.24) is 10.2 Å². The number of furan rings is 1. The summed E-state index contributed by atoms with van der Waals surface area (Å²) in [5.41, 5.74) is 0. The van der Waals surface area contributed by atoms with Crippen LogP contribution in [-0.4, -0.2) is 62.3 Å². The highest BCUT2D eigenvalue weighted by Gasteiger charge is 2.39. The molecule has 1 aliphatic heterocycles. The smallest absolute Gasteiger partial charge is 0.469 e. The topological polar surface area (TPSA) is 98.1 Å². The fourth-order valence-corrected chi connectivity index (χ4v) is 2.77. The van der Waals surface area contributed by atoms with Gasteiger partial charge in [-0.05, 0) is 18.6 Å². The van der Waals surface area contributed by atoms with E-state index in [0.29, 0.717) is 6.42 Å². The lowest BCUT2D eigenvalue weighted by atomic mass is 9.93. The van der Waals surface area contributed by atoms with Crippen molar-refractivity contribution in [2.75, 3.05) is 27.3 Å². The third-order valence-electron chi connectivity index (χ3n) is 4.21. The van der Waals surface area contributed by atoms with Gasteiger partial charge in [0.05, 0.1) is 25.7 Å². The largest absolute Gasteiger partial charge is 0.471 e. The van der Waals surface area contributed by atoms with Gasteiger partial charge in [0.2, 0.25) is 0 Å². The number of carbonyl (C=O) groups excluding carboxylic acids is 3. The number of rotatable bonds is 5. The molecule has 0 aliphatic carbocycles. The molecule has 1 N–H and O–H groups in total. The number of piperidine rings is 1. The first-order valence-corrected chi connectivity index (χ1v) is 8.01. The van der Waals surface area contributed by atoms with Gasteiger partial charge in [-0.2, -0.15) is 13.2 Å². The SMILES string of the molecule is COC(=O)C1CCN(C(=O)c2ccc(CNC(=O)C(F)(F)F)o2)CC1OC. The first-order valence-electron chi connectivity index (χ1n) is 8.01. The fourth-order valence-electron chi connectivity index (χ4n) is 2.77. The lowest BCUT2D eigenvalue weighted by molar-refractivity contribution is -0.173. The van der Waals surface area contributed by atoms with Crippen LogP contribution in [0.25, 0.3) is 0 Å². The van der Waals surface area contributed by atoms with E-state index in [4.69, 9.17) is 13.9 Å². The molecule has 8 nitrogen and oxygen atoms in total. The monoisotopic (exact) mass is 392 g/mol. The molecule has 1 aromatic heterocycles. The summed E-state index contributed by atoms with van der Waals surface area (Å²) in [4.78, 5) is 36.5. The molecule has 11 heteroatoms. The maximum absolute atomic E-state index is 12.5. The van der Waals surface area contributed by atoms with Crippen LogP contribution < -0.4 is 5.32 Å². The van der Waals surface area contributed by atoms with Crippen LogP contribution in [0.2, 0.25) is 0 Å². The molecule has 0 aromatic carbocycles. The van der Waals surface area contributed by atoms with E-state index in [9.17, 15) is 27.6 Å². The van der Waals surface area contributed by atoms with E-state index >= 15 is 0 Å². The second-order valence-electron chi connectivity index (χ2n) is 5.89. The second-order valence-corrected chi connectivity index (χ2v) is 5.89. The van der Waals surface area contributed by atoms with Crippen molar-refractivity contribution in [1.29, 1.82) is 0 Å². The van der Waals surface area contributed by atoms with E-state index in [0.717, 1.165) is 0 Å². The van der Waals surface area contributed by atoms with E-state index in [2.05, 4.69) is 0 Å². The highest BCUT2D eigenvalue weighted by molar-refractivity contribution is 5.92. The van der Waals surface area contributed by atoms with E-state index in [-0.39, 0.29) is 24.6 Å². The van der Waals surface area contributed by atoms with E-state index < -0.39 is 42.5 Å². The van der Waals surface area contributed by atoms with Crippen molar-refractivity contribution in [3.8, 4) is 0 Å². The Kier molecular flexibility index (Phi) is 6.47. The van der Waals surface area contributed by atoms with Crippen molar-refractivity contribution in [2.24, 2.45) is 5.92 Å². The maximum Gasteiger partial charge on any atom is 0.471 e. The van der Waals surface area contributed by atoms with E-state index in [1.165, 1.54) is 31.3 Å². The van der Waals surface area contributed by atoms with Crippen LogP contribution in [0.1, 0.15) is 22.7 Å². The summed E-state index contributed by atoms with van der Waals surface area (Å²) in [5.74, 6) is -3.59. The van der Waals surface area contributed by atoms with Crippen molar-refractivity contribution in [3.63, 3.8) is 0 Å². The minimum absolute atomic E-state index is 0.00342. The van der Waals surface area contributed by atoms with Gasteiger partial charge in [0.15, 0.2) is 5.76 Å². The van der Waals surface area contributed by atoms with Crippen LogP contribution >= 0.6 is 0 Å². The van der Waals surface area contributed by atoms with Gasteiger partial charge < -0.3 is 24.1 Å². The Morgan fingerprint density at radius 2 is 2.00 bits per heavy atom. The van der Waals surface area contributed by atoms with Gasteiger partial charge in [-0.25, -0.2) is 0 Å². The number of nitrogens with zero attached hydrogens (tertiary/aromatic N) is 1. The van der Waals surface area contributed by atoms with Crippen LogP contribution in [0.15, 0.2) is 16.5 Å². The number of amides is 2.